The summed E-state index contributed by atoms with van der Waals surface area (Å²) in [7, 11) is 1.55. The molecule has 0 saturated carbocycles. The van der Waals surface area contributed by atoms with E-state index < -0.39 is 0 Å². The van der Waals surface area contributed by atoms with Crippen LogP contribution in [0.1, 0.15) is 26.5 Å². The third-order valence-electron chi connectivity index (χ3n) is 3.95. The van der Waals surface area contributed by atoms with Crippen LogP contribution in [0.15, 0.2) is 46.0 Å². The Labute approximate surface area is 191 Å². The molecule has 0 spiro atoms. The Morgan fingerprint density at radius 1 is 1.37 bits per heavy atom. The third-order valence-corrected chi connectivity index (χ3v) is 5.77. The van der Waals surface area contributed by atoms with E-state index in [0.717, 1.165) is 16.9 Å². The number of nitrogens with zero attached hydrogens (tertiary/aromatic N) is 2. The SMILES string of the molecule is COc1cc(C=NNC(=O)c2sc(N)nc2C)cc(Br)c1OCc1ccc(Cl)cc1. The van der Waals surface area contributed by atoms with Crippen LogP contribution in [0, 0.1) is 6.92 Å². The number of amides is 1. The third kappa shape index (κ3) is 5.50. The Balaban J connectivity index is 1.69. The Morgan fingerprint density at radius 2 is 2.10 bits per heavy atom. The van der Waals surface area contributed by atoms with Gasteiger partial charge in [-0.3, -0.25) is 4.79 Å². The van der Waals surface area contributed by atoms with Crippen molar-refractivity contribution in [1.29, 1.82) is 0 Å². The topological polar surface area (TPSA) is 98.8 Å². The molecule has 30 heavy (non-hydrogen) atoms. The van der Waals surface area contributed by atoms with Crippen molar-refractivity contribution in [1.82, 2.24) is 10.4 Å². The van der Waals surface area contributed by atoms with Gasteiger partial charge in [-0.05, 0) is 58.2 Å². The standard InChI is InChI=1S/C20H18BrClN4O3S/c1-11-18(30-20(23)25-11)19(27)26-24-9-13-7-15(21)17(16(8-13)28-2)29-10-12-3-5-14(22)6-4-12/h3-9H,10H2,1-2H3,(H2,23,25)(H,26,27). The van der Waals surface area contributed by atoms with Crippen molar-refractivity contribution in [3.63, 3.8) is 0 Å². The number of carbonyl (C=O) groups excluding carboxylic acids is 1. The predicted molar refractivity (Wildman–Crippen MR) is 123 cm³/mol. The lowest BCUT2D eigenvalue weighted by Crippen LogP contribution is -2.17. The van der Waals surface area contributed by atoms with Crippen molar-refractivity contribution >= 4 is 56.1 Å². The van der Waals surface area contributed by atoms with Crippen LogP contribution in [-0.4, -0.2) is 24.2 Å². The van der Waals surface area contributed by atoms with Gasteiger partial charge in [-0.1, -0.05) is 35.1 Å². The highest BCUT2D eigenvalue weighted by atomic mass is 79.9. The van der Waals surface area contributed by atoms with Gasteiger partial charge in [0.15, 0.2) is 16.6 Å². The number of aryl methyl sites for hydroxylation is 1. The number of rotatable bonds is 7. The summed E-state index contributed by atoms with van der Waals surface area (Å²) in [5.41, 5.74) is 10.3. The molecule has 0 radical (unpaired) electrons. The van der Waals surface area contributed by atoms with E-state index in [4.69, 9.17) is 26.8 Å². The molecule has 3 aromatic rings. The van der Waals surface area contributed by atoms with Crippen LogP contribution < -0.4 is 20.6 Å². The number of hydrogen-bond donors (Lipinski definition) is 2. The zero-order valence-corrected chi connectivity index (χ0v) is 19.3. The van der Waals surface area contributed by atoms with E-state index in [1.807, 2.05) is 30.3 Å². The van der Waals surface area contributed by atoms with Crippen molar-refractivity contribution < 1.29 is 14.3 Å². The number of anilines is 1. The van der Waals surface area contributed by atoms with Crippen molar-refractivity contribution in [2.45, 2.75) is 13.5 Å². The summed E-state index contributed by atoms with van der Waals surface area (Å²) >= 11 is 10.5. The predicted octanol–water partition coefficient (Wildman–Crippen LogP) is 4.80. The molecule has 2 aromatic carbocycles. The van der Waals surface area contributed by atoms with Crippen LogP contribution in [-0.2, 0) is 6.61 Å². The first-order chi connectivity index (χ1) is 14.4. The molecule has 156 valence electrons. The molecule has 1 amide bonds. The van der Waals surface area contributed by atoms with Gasteiger partial charge in [0, 0.05) is 5.02 Å². The van der Waals surface area contributed by atoms with Crippen molar-refractivity contribution in [2.24, 2.45) is 5.10 Å². The average molecular weight is 510 g/mol. The molecule has 0 bridgehead atoms. The molecule has 0 fully saturated rings. The van der Waals surface area contributed by atoms with Crippen molar-refractivity contribution in [3.8, 4) is 11.5 Å². The van der Waals surface area contributed by atoms with E-state index in [0.29, 0.717) is 48.9 Å². The minimum atomic E-state index is -0.369. The lowest BCUT2D eigenvalue weighted by molar-refractivity contribution is 0.0958. The Hall–Kier alpha value is -2.62. The zero-order valence-electron chi connectivity index (χ0n) is 16.1. The normalized spacial score (nSPS) is 10.9. The number of carbonyl (C=O) groups is 1. The van der Waals surface area contributed by atoms with E-state index in [2.05, 4.69) is 31.4 Å². The maximum Gasteiger partial charge on any atom is 0.283 e. The van der Waals surface area contributed by atoms with Crippen LogP contribution >= 0.6 is 38.9 Å². The minimum absolute atomic E-state index is 0.337. The number of hydrogen-bond acceptors (Lipinski definition) is 7. The lowest BCUT2D eigenvalue weighted by atomic mass is 10.2. The zero-order chi connectivity index (χ0) is 21.7. The van der Waals surface area contributed by atoms with Crippen LogP contribution in [0.2, 0.25) is 5.02 Å². The quantitative estimate of drug-likeness (QED) is 0.352. The second-order valence-corrected chi connectivity index (χ2v) is 8.44. The van der Waals surface area contributed by atoms with Crippen LogP contribution in [0.4, 0.5) is 5.13 Å². The molecule has 1 heterocycles. The lowest BCUT2D eigenvalue weighted by Gasteiger charge is -2.13. The van der Waals surface area contributed by atoms with Gasteiger partial charge in [-0.2, -0.15) is 5.10 Å². The van der Waals surface area contributed by atoms with E-state index in [-0.39, 0.29) is 5.91 Å². The van der Waals surface area contributed by atoms with Crippen LogP contribution in [0.3, 0.4) is 0 Å². The van der Waals surface area contributed by atoms with Crippen molar-refractivity contribution in [2.75, 3.05) is 12.8 Å². The van der Waals surface area contributed by atoms with Crippen LogP contribution in [0.5, 0.6) is 11.5 Å². The molecular formula is C20H18BrClN4O3S. The van der Waals surface area contributed by atoms with E-state index in [9.17, 15) is 4.79 Å². The van der Waals surface area contributed by atoms with Gasteiger partial charge < -0.3 is 15.2 Å². The Bertz CT molecular complexity index is 1090. The first kappa shape index (κ1) is 22.1. The minimum Gasteiger partial charge on any atom is -0.493 e. The number of benzene rings is 2. The monoisotopic (exact) mass is 508 g/mol. The highest BCUT2D eigenvalue weighted by molar-refractivity contribution is 9.10. The van der Waals surface area contributed by atoms with E-state index in [1.165, 1.54) is 6.21 Å². The number of nitrogens with one attached hydrogen (secondary N) is 1. The first-order valence-electron chi connectivity index (χ1n) is 8.68. The molecule has 10 heteroatoms. The molecule has 7 nitrogen and oxygen atoms in total. The molecule has 0 aliphatic heterocycles. The van der Waals surface area contributed by atoms with Gasteiger partial charge in [-0.25, -0.2) is 10.4 Å². The summed E-state index contributed by atoms with van der Waals surface area (Å²) in [6, 6.07) is 11.0. The van der Waals surface area contributed by atoms with Crippen molar-refractivity contribution in [3.05, 3.63) is 67.6 Å². The molecule has 0 aliphatic rings. The molecule has 3 rings (SSSR count). The van der Waals surface area contributed by atoms with Gasteiger partial charge in [0.05, 0.1) is 23.5 Å². The number of ether oxygens (including phenoxy) is 2. The molecule has 0 atom stereocenters. The smallest absolute Gasteiger partial charge is 0.283 e. The fraction of sp³-hybridized carbons (Fsp3) is 0.150. The van der Waals surface area contributed by atoms with Gasteiger partial charge >= 0.3 is 0 Å². The highest BCUT2D eigenvalue weighted by Gasteiger charge is 2.14. The molecule has 0 aliphatic carbocycles. The number of hydrazone groups is 1. The van der Waals surface area contributed by atoms with Gasteiger partial charge in [0.1, 0.15) is 11.5 Å². The number of methoxy groups -OCH3 is 1. The van der Waals surface area contributed by atoms with E-state index >= 15 is 0 Å². The van der Waals surface area contributed by atoms with Crippen LogP contribution in [0.25, 0.3) is 0 Å². The second kappa shape index (κ2) is 9.92. The maximum absolute atomic E-state index is 12.2. The largest absolute Gasteiger partial charge is 0.493 e. The van der Waals surface area contributed by atoms with Gasteiger partial charge in [0.25, 0.3) is 5.91 Å². The van der Waals surface area contributed by atoms with Gasteiger partial charge in [0.2, 0.25) is 0 Å². The Morgan fingerprint density at radius 3 is 2.73 bits per heavy atom. The molecule has 0 saturated heterocycles. The summed E-state index contributed by atoms with van der Waals surface area (Å²) in [6.07, 6.45) is 1.51. The molecule has 0 unspecified atom stereocenters. The maximum atomic E-state index is 12.2. The Kier molecular flexibility index (Phi) is 7.30. The summed E-state index contributed by atoms with van der Waals surface area (Å²) in [4.78, 5) is 16.6. The molecular weight excluding hydrogens is 492 g/mol. The number of aromatic nitrogens is 1. The second-order valence-electron chi connectivity index (χ2n) is 6.12. The summed E-state index contributed by atoms with van der Waals surface area (Å²) in [5, 5.41) is 5.01. The number of halogens is 2. The number of nitrogen functional groups attached to an aromatic ring is 1. The summed E-state index contributed by atoms with van der Waals surface area (Å²) < 4.78 is 12.0. The fourth-order valence-corrected chi connectivity index (χ4v) is 3.96. The van der Waals surface area contributed by atoms with E-state index in [1.54, 1.807) is 20.1 Å². The summed E-state index contributed by atoms with van der Waals surface area (Å²) in [5.74, 6) is 0.716. The molecule has 1 aromatic heterocycles. The summed E-state index contributed by atoms with van der Waals surface area (Å²) in [6.45, 7) is 2.07. The average Bonchev–Trinajstić information content (AvgIpc) is 3.06. The first-order valence-corrected chi connectivity index (χ1v) is 10.7. The fourth-order valence-electron chi connectivity index (χ4n) is 2.53. The number of thiazole rings is 1. The number of nitrogens with two attached hydrogens (primary N) is 1. The van der Waals surface area contributed by atoms with Gasteiger partial charge in [-0.15, -0.1) is 0 Å². The highest BCUT2D eigenvalue weighted by Crippen LogP contribution is 2.37. The molecule has 3 N–H and O–H groups in total.